The fraction of sp³-hybridized carbons (Fsp3) is 0.111. The van der Waals surface area contributed by atoms with Gasteiger partial charge in [0, 0.05) is 10.5 Å². The smallest absolute Gasteiger partial charge is 0.185 e. The average Bonchev–Trinajstić information content (AvgIpc) is 2.54. The molecule has 2 aromatic rings. The number of benzene rings is 2. The van der Waals surface area contributed by atoms with Gasteiger partial charge >= 0.3 is 0 Å². The molecule has 0 fully saturated rings. The first kappa shape index (κ1) is 15.1. The van der Waals surface area contributed by atoms with Crippen molar-refractivity contribution in [1.29, 1.82) is 5.26 Å². The van der Waals surface area contributed by atoms with E-state index in [1.807, 2.05) is 30.3 Å². The van der Waals surface area contributed by atoms with Gasteiger partial charge in [0.2, 0.25) is 0 Å². The molecule has 0 unspecified atom stereocenters. The number of allylic oxidation sites excluding steroid dienone is 1. The van der Waals surface area contributed by atoms with Crippen LogP contribution in [0, 0.1) is 11.3 Å². The highest BCUT2D eigenvalue weighted by atomic mass is 32.2. The lowest BCUT2D eigenvalue weighted by atomic mass is 10.1. The van der Waals surface area contributed by atoms with Gasteiger partial charge in [-0.15, -0.1) is 11.8 Å². The Morgan fingerprint density at radius 3 is 2.67 bits per heavy atom. The van der Waals surface area contributed by atoms with Crippen molar-refractivity contribution < 1.29 is 4.79 Å². The van der Waals surface area contributed by atoms with Gasteiger partial charge in [-0.25, -0.2) is 0 Å². The standard InChI is InChI=1S/C18H15NOS/c1-2-21-17-9-7-16(8-10-17)18(20)11-6-14-4-3-5-15(12-14)13-19/h3-12H,2H2,1H3/b11-6+. The molecule has 2 aromatic carbocycles. The molecule has 0 spiro atoms. The Labute approximate surface area is 129 Å². The maximum Gasteiger partial charge on any atom is 0.185 e. The summed E-state index contributed by atoms with van der Waals surface area (Å²) >= 11 is 1.75. The van der Waals surface area contributed by atoms with Crippen molar-refractivity contribution in [3.63, 3.8) is 0 Å². The molecule has 2 rings (SSSR count). The number of nitrogens with zero attached hydrogens (tertiary/aromatic N) is 1. The molecule has 0 heterocycles. The van der Waals surface area contributed by atoms with E-state index in [9.17, 15) is 4.79 Å². The summed E-state index contributed by atoms with van der Waals surface area (Å²) in [4.78, 5) is 13.2. The first-order chi connectivity index (χ1) is 10.2. The van der Waals surface area contributed by atoms with E-state index in [1.54, 1.807) is 42.1 Å². The van der Waals surface area contributed by atoms with Gasteiger partial charge in [0.05, 0.1) is 11.6 Å². The van der Waals surface area contributed by atoms with Crippen LogP contribution in [0.1, 0.15) is 28.4 Å². The molecule has 0 atom stereocenters. The van der Waals surface area contributed by atoms with Crippen molar-refractivity contribution >= 4 is 23.6 Å². The summed E-state index contributed by atoms with van der Waals surface area (Å²) in [6.07, 6.45) is 3.27. The predicted octanol–water partition coefficient (Wildman–Crippen LogP) is 4.57. The van der Waals surface area contributed by atoms with E-state index < -0.39 is 0 Å². The molecular weight excluding hydrogens is 278 g/mol. The fourth-order valence-electron chi connectivity index (χ4n) is 1.86. The van der Waals surface area contributed by atoms with Crippen molar-refractivity contribution in [1.82, 2.24) is 0 Å². The largest absolute Gasteiger partial charge is 0.289 e. The highest BCUT2D eigenvalue weighted by Gasteiger charge is 2.02. The number of hydrogen-bond donors (Lipinski definition) is 0. The van der Waals surface area contributed by atoms with E-state index in [0.717, 1.165) is 11.3 Å². The molecule has 0 bridgehead atoms. The Hall–Kier alpha value is -2.31. The number of hydrogen-bond acceptors (Lipinski definition) is 3. The summed E-state index contributed by atoms with van der Waals surface area (Å²) in [7, 11) is 0. The Morgan fingerprint density at radius 1 is 1.24 bits per heavy atom. The van der Waals surface area contributed by atoms with Crippen LogP contribution >= 0.6 is 11.8 Å². The summed E-state index contributed by atoms with van der Waals surface area (Å²) in [5.41, 5.74) is 2.11. The molecule has 0 radical (unpaired) electrons. The number of nitriles is 1. The van der Waals surface area contributed by atoms with Gasteiger partial charge in [0.15, 0.2) is 5.78 Å². The maximum absolute atomic E-state index is 12.1. The third kappa shape index (κ3) is 4.34. The molecule has 2 nitrogen and oxygen atoms in total. The minimum Gasteiger partial charge on any atom is -0.289 e. The molecule has 0 aliphatic rings. The zero-order valence-electron chi connectivity index (χ0n) is 11.7. The summed E-state index contributed by atoms with van der Waals surface area (Å²) in [5, 5.41) is 8.84. The normalized spacial score (nSPS) is 10.5. The number of carbonyl (C=O) groups excluding carboxylic acids is 1. The SMILES string of the molecule is CCSc1ccc(C(=O)/C=C/c2cccc(C#N)c2)cc1. The van der Waals surface area contributed by atoms with E-state index in [4.69, 9.17) is 5.26 Å². The maximum atomic E-state index is 12.1. The first-order valence-corrected chi connectivity index (χ1v) is 7.67. The Kier molecular flexibility index (Phi) is 5.36. The lowest BCUT2D eigenvalue weighted by molar-refractivity contribution is 0.104. The Balaban J connectivity index is 2.09. The van der Waals surface area contributed by atoms with Crippen molar-refractivity contribution in [2.45, 2.75) is 11.8 Å². The molecule has 0 aromatic heterocycles. The zero-order chi connectivity index (χ0) is 15.1. The molecule has 3 heteroatoms. The summed E-state index contributed by atoms with van der Waals surface area (Å²) in [6.45, 7) is 2.10. The van der Waals surface area contributed by atoms with Crippen molar-refractivity contribution in [3.8, 4) is 6.07 Å². The lowest BCUT2D eigenvalue weighted by Gasteiger charge is -2.00. The number of rotatable bonds is 5. The molecule has 21 heavy (non-hydrogen) atoms. The Morgan fingerprint density at radius 2 is 2.00 bits per heavy atom. The molecule has 0 saturated heterocycles. The van der Waals surface area contributed by atoms with E-state index in [0.29, 0.717) is 11.1 Å². The zero-order valence-corrected chi connectivity index (χ0v) is 12.6. The topological polar surface area (TPSA) is 40.9 Å². The summed E-state index contributed by atoms with van der Waals surface area (Å²) in [6, 6.07) is 16.9. The van der Waals surface area contributed by atoms with Crippen LogP contribution in [0.2, 0.25) is 0 Å². The minimum absolute atomic E-state index is 0.0367. The second-order valence-electron chi connectivity index (χ2n) is 4.39. The van der Waals surface area contributed by atoms with Gasteiger partial charge in [-0.3, -0.25) is 4.79 Å². The lowest BCUT2D eigenvalue weighted by Crippen LogP contribution is -1.93. The average molecular weight is 293 g/mol. The second kappa shape index (κ2) is 7.47. The van der Waals surface area contributed by atoms with Crippen LogP contribution in [0.3, 0.4) is 0 Å². The van der Waals surface area contributed by atoms with Gasteiger partial charge in [-0.2, -0.15) is 5.26 Å². The van der Waals surface area contributed by atoms with Crippen LogP contribution < -0.4 is 0 Å². The third-order valence-corrected chi connectivity index (χ3v) is 3.79. The van der Waals surface area contributed by atoms with Crippen LogP contribution in [-0.4, -0.2) is 11.5 Å². The van der Waals surface area contributed by atoms with Gasteiger partial charge in [0.1, 0.15) is 0 Å². The van der Waals surface area contributed by atoms with E-state index in [-0.39, 0.29) is 5.78 Å². The van der Waals surface area contributed by atoms with Crippen LogP contribution in [0.4, 0.5) is 0 Å². The van der Waals surface area contributed by atoms with E-state index >= 15 is 0 Å². The third-order valence-electron chi connectivity index (χ3n) is 2.89. The van der Waals surface area contributed by atoms with Crippen LogP contribution in [0.5, 0.6) is 0 Å². The molecule has 0 amide bonds. The van der Waals surface area contributed by atoms with Crippen molar-refractivity contribution in [3.05, 3.63) is 71.3 Å². The quantitative estimate of drug-likeness (QED) is 0.461. The predicted molar refractivity (Wildman–Crippen MR) is 87.4 cm³/mol. The van der Waals surface area contributed by atoms with E-state index in [2.05, 4.69) is 13.0 Å². The van der Waals surface area contributed by atoms with Crippen LogP contribution in [0.25, 0.3) is 6.08 Å². The molecule has 0 N–H and O–H groups in total. The number of ketones is 1. The summed E-state index contributed by atoms with van der Waals surface area (Å²) < 4.78 is 0. The highest BCUT2D eigenvalue weighted by molar-refractivity contribution is 7.99. The van der Waals surface area contributed by atoms with Crippen molar-refractivity contribution in [2.24, 2.45) is 0 Å². The van der Waals surface area contributed by atoms with E-state index in [1.165, 1.54) is 4.90 Å². The minimum atomic E-state index is -0.0367. The molecule has 0 aliphatic carbocycles. The molecule has 0 saturated carbocycles. The monoisotopic (exact) mass is 293 g/mol. The van der Waals surface area contributed by atoms with Gasteiger partial charge in [-0.1, -0.05) is 25.1 Å². The summed E-state index contributed by atoms with van der Waals surface area (Å²) in [5.74, 6) is 0.980. The van der Waals surface area contributed by atoms with Gasteiger partial charge < -0.3 is 0 Å². The number of carbonyl (C=O) groups is 1. The van der Waals surface area contributed by atoms with Crippen LogP contribution in [0.15, 0.2) is 59.5 Å². The highest BCUT2D eigenvalue weighted by Crippen LogP contribution is 2.18. The Bertz CT molecular complexity index is 696. The fourth-order valence-corrected chi connectivity index (χ4v) is 2.52. The van der Waals surface area contributed by atoms with Gasteiger partial charge in [-0.05, 0) is 53.8 Å². The molecular formula is C18H15NOS. The van der Waals surface area contributed by atoms with Crippen molar-refractivity contribution in [2.75, 3.05) is 5.75 Å². The molecule has 104 valence electrons. The van der Waals surface area contributed by atoms with Crippen LogP contribution in [-0.2, 0) is 0 Å². The van der Waals surface area contributed by atoms with Gasteiger partial charge in [0.25, 0.3) is 0 Å². The first-order valence-electron chi connectivity index (χ1n) is 6.68. The number of thioether (sulfide) groups is 1. The second-order valence-corrected chi connectivity index (χ2v) is 5.73. The molecule has 0 aliphatic heterocycles.